The third kappa shape index (κ3) is 2.26. The van der Waals surface area contributed by atoms with Crippen molar-refractivity contribution in [2.45, 2.75) is 19.2 Å². The molecule has 0 radical (unpaired) electrons. The first-order chi connectivity index (χ1) is 6.56. The molecule has 2 nitrogen and oxygen atoms in total. The van der Waals surface area contributed by atoms with E-state index >= 15 is 0 Å². The predicted octanol–water partition coefficient (Wildman–Crippen LogP) is 2.76. The number of rotatable bonds is 2. The first-order valence-electron chi connectivity index (χ1n) is 4.35. The van der Waals surface area contributed by atoms with Gasteiger partial charge in [0.15, 0.2) is 5.38 Å². The number of ether oxygens (including phenoxy) is 1. The van der Waals surface area contributed by atoms with Gasteiger partial charge in [0, 0.05) is 0 Å². The van der Waals surface area contributed by atoms with Crippen LogP contribution in [-0.2, 0) is 9.53 Å². The Hall–Kier alpha value is -1.02. The van der Waals surface area contributed by atoms with Crippen LogP contribution in [-0.4, -0.2) is 13.1 Å². The van der Waals surface area contributed by atoms with Crippen LogP contribution >= 0.6 is 11.6 Å². The molecule has 0 saturated carbocycles. The van der Waals surface area contributed by atoms with Gasteiger partial charge in [-0.2, -0.15) is 0 Å². The molecule has 1 rings (SSSR count). The van der Waals surface area contributed by atoms with Gasteiger partial charge in [0.05, 0.1) is 7.11 Å². The summed E-state index contributed by atoms with van der Waals surface area (Å²) in [5.74, 6) is -0.418. The zero-order valence-electron chi connectivity index (χ0n) is 8.50. The third-order valence-corrected chi connectivity index (χ3v) is 2.52. The molecule has 14 heavy (non-hydrogen) atoms. The highest BCUT2D eigenvalue weighted by atomic mass is 35.5. The molecule has 0 bridgehead atoms. The highest BCUT2D eigenvalue weighted by molar-refractivity contribution is 6.30. The van der Waals surface area contributed by atoms with E-state index in [1.165, 1.54) is 7.11 Å². The number of carbonyl (C=O) groups is 1. The number of halogens is 1. The van der Waals surface area contributed by atoms with Crippen LogP contribution in [0.3, 0.4) is 0 Å². The molecule has 0 heterocycles. The normalized spacial score (nSPS) is 12.3. The Labute approximate surface area is 88.8 Å². The number of hydrogen-bond donors (Lipinski definition) is 0. The van der Waals surface area contributed by atoms with E-state index in [1.807, 2.05) is 32.0 Å². The number of hydrogen-bond acceptors (Lipinski definition) is 2. The van der Waals surface area contributed by atoms with Crippen LogP contribution in [0.25, 0.3) is 0 Å². The van der Waals surface area contributed by atoms with Crippen molar-refractivity contribution in [3.63, 3.8) is 0 Å². The molecular formula is C11H13ClO2. The number of alkyl halides is 1. The molecule has 76 valence electrons. The summed E-state index contributed by atoms with van der Waals surface area (Å²) in [6.45, 7) is 3.93. The Bertz CT molecular complexity index is 347. The van der Waals surface area contributed by atoms with Crippen molar-refractivity contribution >= 4 is 17.6 Å². The Morgan fingerprint density at radius 2 is 2.07 bits per heavy atom. The lowest BCUT2D eigenvalue weighted by molar-refractivity contribution is -0.140. The molecule has 0 N–H and O–H groups in total. The Kier molecular flexibility index (Phi) is 3.53. The SMILES string of the molecule is COC(=O)C(Cl)c1ccc(C)cc1C. The summed E-state index contributed by atoms with van der Waals surface area (Å²) in [5, 5.41) is -0.708. The lowest BCUT2D eigenvalue weighted by Crippen LogP contribution is -2.09. The molecule has 0 fully saturated rings. The maximum atomic E-state index is 11.2. The fourth-order valence-corrected chi connectivity index (χ4v) is 1.67. The largest absolute Gasteiger partial charge is 0.468 e. The van der Waals surface area contributed by atoms with Gasteiger partial charge in [-0.15, -0.1) is 11.6 Å². The second kappa shape index (κ2) is 4.47. The maximum absolute atomic E-state index is 11.2. The van der Waals surface area contributed by atoms with Gasteiger partial charge in [0.25, 0.3) is 0 Å². The van der Waals surface area contributed by atoms with Crippen LogP contribution in [0.2, 0.25) is 0 Å². The molecule has 0 aliphatic carbocycles. The van der Waals surface area contributed by atoms with Crippen LogP contribution < -0.4 is 0 Å². The van der Waals surface area contributed by atoms with E-state index < -0.39 is 11.3 Å². The van der Waals surface area contributed by atoms with Gasteiger partial charge in [0.2, 0.25) is 0 Å². The van der Waals surface area contributed by atoms with Crippen molar-refractivity contribution in [3.8, 4) is 0 Å². The minimum Gasteiger partial charge on any atom is -0.468 e. The Morgan fingerprint density at radius 1 is 1.43 bits per heavy atom. The molecule has 0 aliphatic rings. The van der Waals surface area contributed by atoms with Crippen molar-refractivity contribution in [2.75, 3.05) is 7.11 Å². The number of esters is 1. The van der Waals surface area contributed by atoms with E-state index in [2.05, 4.69) is 4.74 Å². The maximum Gasteiger partial charge on any atom is 0.328 e. The second-order valence-corrected chi connectivity index (χ2v) is 3.68. The fraction of sp³-hybridized carbons (Fsp3) is 0.364. The topological polar surface area (TPSA) is 26.3 Å². The lowest BCUT2D eigenvalue weighted by atomic mass is 10.0. The number of benzene rings is 1. The molecule has 1 aromatic rings. The number of carbonyl (C=O) groups excluding carboxylic acids is 1. The van der Waals surface area contributed by atoms with Gasteiger partial charge >= 0.3 is 5.97 Å². The van der Waals surface area contributed by atoms with Gasteiger partial charge in [-0.25, -0.2) is 0 Å². The molecule has 3 heteroatoms. The van der Waals surface area contributed by atoms with E-state index in [-0.39, 0.29) is 0 Å². The summed E-state index contributed by atoms with van der Waals surface area (Å²) >= 11 is 5.94. The first-order valence-corrected chi connectivity index (χ1v) is 4.79. The summed E-state index contributed by atoms with van der Waals surface area (Å²) in [5.41, 5.74) is 2.97. The highest BCUT2D eigenvalue weighted by Crippen LogP contribution is 2.25. The van der Waals surface area contributed by atoms with Crippen LogP contribution in [0.1, 0.15) is 22.1 Å². The summed E-state index contributed by atoms with van der Waals surface area (Å²) in [7, 11) is 1.33. The minimum absolute atomic E-state index is 0.418. The Morgan fingerprint density at radius 3 is 2.57 bits per heavy atom. The molecular weight excluding hydrogens is 200 g/mol. The summed E-state index contributed by atoms with van der Waals surface area (Å²) in [6, 6.07) is 5.79. The molecule has 0 saturated heterocycles. The van der Waals surface area contributed by atoms with E-state index in [9.17, 15) is 4.79 Å². The van der Waals surface area contributed by atoms with Crippen molar-refractivity contribution in [2.24, 2.45) is 0 Å². The molecule has 0 aliphatic heterocycles. The standard InChI is InChI=1S/C11H13ClO2/c1-7-4-5-9(8(2)6-7)10(12)11(13)14-3/h4-6,10H,1-3H3. The second-order valence-electron chi connectivity index (χ2n) is 3.25. The average Bonchev–Trinajstić information content (AvgIpc) is 2.15. The zero-order chi connectivity index (χ0) is 10.7. The fourth-order valence-electron chi connectivity index (χ4n) is 1.34. The van der Waals surface area contributed by atoms with Crippen LogP contribution in [0, 0.1) is 13.8 Å². The van der Waals surface area contributed by atoms with E-state index in [0.29, 0.717) is 0 Å². The molecule has 0 spiro atoms. The zero-order valence-corrected chi connectivity index (χ0v) is 9.26. The van der Waals surface area contributed by atoms with Crippen molar-refractivity contribution in [3.05, 3.63) is 34.9 Å². The van der Waals surface area contributed by atoms with Crippen LogP contribution in [0.15, 0.2) is 18.2 Å². The Balaban J connectivity index is 3.01. The number of methoxy groups -OCH3 is 1. The monoisotopic (exact) mass is 212 g/mol. The third-order valence-electron chi connectivity index (χ3n) is 2.11. The van der Waals surface area contributed by atoms with Crippen molar-refractivity contribution < 1.29 is 9.53 Å². The van der Waals surface area contributed by atoms with E-state index in [0.717, 1.165) is 16.7 Å². The van der Waals surface area contributed by atoms with Gasteiger partial charge in [-0.3, -0.25) is 4.79 Å². The average molecular weight is 213 g/mol. The van der Waals surface area contributed by atoms with Gasteiger partial charge < -0.3 is 4.74 Å². The summed E-state index contributed by atoms with van der Waals surface area (Å²) in [4.78, 5) is 11.2. The molecule has 0 aromatic heterocycles. The molecule has 0 amide bonds. The molecule has 1 aromatic carbocycles. The smallest absolute Gasteiger partial charge is 0.328 e. The van der Waals surface area contributed by atoms with Gasteiger partial charge in [0.1, 0.15) is 0 Å². The quantitative estimate of drug-likeness (QED) is 0.557. The predicted molar refractivity (Wildman–Crippen MR) is 56.5 cm³/mol. The van der Waals surface area contributed by atoms with E-state index in [4.69, 9.17) is 11.6 Å². The summed E-state index contributed by atoms with van der Waals surface area (Å²) < 4.78 is 4.58. The minimum atomic E-state index is -0.708. The van der Waals surface area contributed by atoms with Crippen molar-refractivity contribution in [1.29, 1.82) is 0 Å². The van der Waals surface area contributed by atoms with Crippen molar-refractivity contribution in [1.82, 2.24) is 0 Å². The van der Waals surface area contributed by atoms with Crippen LogP contribution in [0.5, 0.6) is 0 Å². The van der Waals surface area contributed by atoms with Crippen LogP contribution in [0.4, 0.5) is 0 Å². The first kappa shape index (κ1) is 11.1. The number of aryl methyl sites for hydroxylation is 2. The lowest BCUT2D eigenvalue weighted by Gasteiger charge is -2.10. The molecule has 1 atom stereocenters. The molecule has 1 unspecified atom stereocenters. The summed E-state index contributed by atoms with van der Waals surface area (Å²) in [6.07, 6.45) is 0. The highest BCUT2D eigenvalue weighted by Gasteiger charge is 2.19. The van der Waals surface area contributed by atoms with Gasteiger partial charge in [-0.05, 0) is 25.0 Å². The van der Waals surface area contributed by atoms with E-state index in [1.54, 1.807) is 0 Å². The van der Waals surface area contributed by atoms with Gasteiger partial charge in [-0.1, -0.05) is 23.8 Å².